The highest BCUT2D eigenvalue weighted by Gasteiger charge is 1.97. The molecule has 4 heteroatoms. The molecule has 0 fully saturated rings. The zero-order valence-electron chi connectivity index (χ0n) is 5.56. The topological polar surface area (TPSA) is 50.9 Å². The molecule has 0 aliphatic heterocycles. The summed E-state index contributed by atoms with van der Waals surface area (Å²) < 4.78 is 0. The zero-order chi connectivity index (χ0) is 7.56. The SMILES string of the molecule is Cc1cnc(NN)c(Cl)c1. The number of halogens is 1. The summed E-state index contributed by atoms with van der Waals surface area (Å²) in [6, 6.07) is 1.80. The van der Waals surface area contributed by atoms with Gasteiger partial charge in [0.25, 0.3) is 0 Å². The van der Waals surface area contributed by atoms with Crippen LogP contribution in [0.25, 0.3) is 0 Å². The third-order valence-corrected chi connectivity index (χ3v) is 1.40. The van der Waals surface area contributed by atoms with Crippen LogP contribution in [0.3, 0.4) is 0 Å². The lowest BCUT2D eigenvalue weighted by atomic mass is 10.3. The molecule has 0 spiro atoms. The molecule has 10 heavy (non-hydrogen) atoms. The highest BCUT2D eigenvalue weighted by atomic mass is 35.5. The predicted octanol–water partition coefficient (Wildman–Crippen LogP) is 1.33. The van der Waals surface area contributed by atoms with E-state index < -0.39 is 0 Å². The molecule has 0 aliphatic carbocycles. The van der Waals surface area contributed by atoms with E-state index in [-0.39, 0.29) is 0 Å². The molecule has 0 bridgehead atoms. The Morgan fingerprint density at radius 1 is 1.70 bits per heavy atom. The highest BCUT2D eigenvalue weighted by molar-refractivity contribution is 6.32. The molecular formula is C6H8ClN3. The Balaban J connectivity index is 3.07. The average Bonchev–Trinajstić information content (AvgIpc) is 1.88. The molecule has 0 aliphatic rings. The monoisotopic (exact) mass is 157 g/mol. The van der Waals surface area contributed by atoms with Crippen molar-refractivity contribution in [3.05, 3.63) is 22.8 Å². The Morgan fingerprint density at radius 3 is 2.90 bits per heavy atom. The quantitative estimate of drug-likeness (QED) is 0.478. The second kappa shape index (κ2) is 2.86. The van der Waals surface area contributed by atoms with Crippen LogP contribution in [0.2, 0.25) is 5.02 Å². The molecule has 1 aromatic heterocycles. The highest BCUT2D eigenvalue weighted by Crippen LogP contribution is 2.17. The van der Waals surface area contributed by atoms with E-state index in [1.54, 1.807) is 12.3 Å². The molecule has 0 unspecified atom stereocenters. The van der Waals surface area contributed by atoms with Gasteiger partial charge in [0, 0.05) is 6.20 Å². The van der Waals surface area contributed by atoms with Crippen molar-refractivity contribution in [2.45, 2.75) is 6.92 Å². The van der Waals surface area contributed by atoms with E-state index in [2.05, 4.69) is 10.4 Å². The molecule has 1 aromatic rings. The van der Waals surface area contributed by atoms with Crippen LogP contribution in [0, 0.1) is 6.92 Å². The minimum absolute atomic E-state index is 0.507. The Hall–Kier alpha value is -0.800. The molecule has 0 amide bonds. The fourth-order valence-electron chi connectivity index (χ4n) is 0.640. The number of aromatic nitrogens is 1. The number of hydrogen-bond acceptors (Lipinski definition) is 3. The first-order chi connectivity index (χ1) is 4.74. The lowest BCUT2D eigenvalue weighted by Gasteiger charge is -2.00. The summed E-state index contributed by atoms with van der Waals surface area (Å²) in [6.45, 7) is 1.92. The maximum Gasteiger partial charge on any atom is 0.158 e. The number of hydrazine groups is 1. The third-order valence-electron chi connectivity index (χ3n) is 1.11. The van der Waals surface area contributed by atoms with Crippen molar-refractivity contribution in [2.24, 2.45) is 5.84 Å². The second-order valence-corrected chi connectivity index (χ2v) is 2.39. The van der Waals surface area contributed by atoms with Gasteiger partial charge in [-0.15, -0.1) is 0 Å². The van der Waals surface area contributed by atoms with Gasteiger partial charge in [-0.1, -0.05) is 11.6 Å². The number of nitrogens with two attached hydrogens (primary N) is 1. The first kappa shape index (κ1) is 7.31. The molecule has 0 saturated carbocycles. The van der Waals surface area contributed by atoms with E-state index in [0.29, 0.717) is 10.8 Å². The van der Waals surface area contributed by atoms with Crippen LogP contribution in [-0.4, -0.2) is 4.98 Å². The third kappa shape index (κ3) is 1.37. The van der Waals surface area contributed by atoms with E-state index in [1.165, 1.54) is 0 Å². The minimum Gasteiger partial charge on any atom is -0.307 e. The first-order valence-electron chi connectivity index (χ1n) is 2.83. The Kier molecular flexibility index (Phi) is 2.09. The van der Waals surface area contributed by atoms with Crippen molar-refractivity contribution in [3.8, 4) is 0 Å². The standard InChI is InChI=1S/C6H8ClN3/c1-4-2-5(7)6(10-8)9-3-4/h2-3H,8H2,1H3,(H,9,10). The average molecular weight is 158 g/mol. The van der Waals surface area contributed by atoms with E-state index in [4.69, 9.17) is 17.4 Å². The number of rotatable bonds is 1. The van der Waals surface area contributed by atoms with Crippen molar-refractivity contribution in [2.75, 3.05) is 5.43 Å². The summed E-state index contributed by atoms with van der Waals surface area (Å²) in [5.41, 5.74) is 3.40. The molecule has 3 nitrogen and oxygen atoms in total. The van der Waals surface area contributed by atoms with Gasteiger partial charge in [-0.05, 0) is 18.6 Å². The van der Waals surface area contributed by atoms with Crippen LogP contribution in [0.5, 0.6) is 0 Å². The summed E-state index contributed by atoms with van der Waals surface area (Å²) in [6.07, 6.45) is 1.70. The van der Waals surface area contributed by atoms with Crippen LogP contribution < -0.4 is 11.3 Å². The van der Waals surface area contributed by atoms with E-state index in [0.717, 1.165) is 5.56 Å². The van der Waals surface area contributed by atoms with Crippen molar-refractivity contribution >= 4 is 17.4 Å². The number of nitrogens with zero attached hydrogens (tertiary/aromatic N) is 1. The van der Waals surface area contributed by atoms with E-state index in [1.807, 2.05) is 6.92 Å². The molecular weight excluding hydrogens is 150 g/mol. The molecule has 0 saturated heterocycles. The van der Waals surface area contributed by atoms with Gasteiger partial charge >= 0.3 is 0 Å². The van der Waals surface area contributed by atoms with Gasteiger partial charge in [-0.2, -0.15) is 0 Å². The number of pyridine rings is 1. The van der Waals surface area contributed by atoms with Crippen molar-refractivity contribution in [1.82, 2.24) is 4.98 Å². The number of nitrogen functional groups attached to an aromatic ring is 1. The molecule has 1 rings (SSSR count). The Bertz CT molecular complexity index is 236. The van der Waals surface area contributed by atoms with Gasteiger partial charge in [-0.25, -0.2) is 10.8 Å². The van der Waals surface area contributed by atoms with Gasteiger partial charge in [0.2, 0.25) is 0 Å². The number of aryl methyl sites for hydroxylation is 1. The second-order valence-electron chi connectivity index (χ2n) is 1.99. The fourth-order valence-corrected chi connectivity index (χ4v) is 0.915. The van der Waals surface area contributed by atoms with Gasteiger partial charge in [0.15, 0.2) is 5.82 Å². The lowest BCUT2D eigenvalue weighted by molar-refractivity contribution is 1.20. The molecule has 1 heterocycles. The van der Waals surface area contributed by atoms with Crippen LogP contribution >= 0.6 is 11.6 Å². The van der Waals surface area contributed by atoms with Crippen LogP contribution in [-0.2, 0) is 0 Å². The van der Waals surface area contributed by atoms with Gasteiger partial charge in [0.1, 0.15) is 0 Å². The number of anilines is 1. The predicted molar refractivity (Wildman–Crippen MR) is 41.8 cm³/mol. The molecule has 0 aromatic carbocycles. The Morgan fingerprint density at radius 2 is 2.40 bits per heavy atom. The summed E-state index contributed by atoms with van der Waals surface area (Å²) in [5, 5.41) is 0.544. The summed E-state index contributed by atoms with van der Waals surface area (Å²) in [5.74, 6) is 5.61. The van der Waals surface area contributed by atoms with Gasteiger partial charge in [-0.3, -0.25) is 0 Å². The largest absolute Gasteiger partial charge is 0.307 e. The van der Waals surface area contributed by atoms with Crippen molar-refractivity contribution in [3.63, 3.8) is 0 Å². The first-order valence-corrected chi connectivity index (χ1v) is 3.20. The maximum absolute atomic E-state index is 5.72. The summed E-state index contributed by atoms with van der Waals surface area (Å²) in [7, 11) is 0. The Labute approximate surface area is 64.2 Å². The van der Waals surface area contributed by atoms with Crippen LogP contribution in [0.15, 0.2) is 12.3 Å². The van der Waals surface area contributed by atoms with E-state index in [9.17, 15) is 0 Å². The normalized spacial score (nSPS) is 9.50. The van der Waals surface area contributed by atoms with Crippen LogP contribution in [0.1, 0.15) is 5.56 Å². The minimum atomic E-state index is 0.507. The lowest BCUT2D eigenvalue weighted by Crippen LogP contribution is -2.08. The zero-order valence-corrected chi connectivity index (χ0v) is 6.31. The van der Waals surface area contributed by atoms with Gasteiger partial charge in [0.05, 0.1) is 5.02 Å². The molecule has 54 valence electrons. The number of hydrogen-bond donors (Lipinski definition) is 2. The van der Waals surface area contributed by atoms with E-state index >= 15 is 0 Å². The van der Waals surface area contributed by atoms with Crippen molar-refractivity contribution in [1.29, 1.82) is 0 Å². The molecule has 0 radical (unpaired) electrons. The van der Waals surface area contributed by atoms with Crippen molar-refractivity contribution < 1.29 is 0 Å². The smallest absolute Gasteiger partial charge is 0.158 e. The maximum atomic E-state index is 5.72. The van der Waals surface area contributed by atoms with Gasteiger partial charge < -0.3 is 5.43 Å². The fraction of sp³-hybridized carbons (Fsp3) is 0.167. The molecule has 0 atom stereocenters. The summed E-state index contributed by atoms with van der Waals surface area (Å²) in [4.78, 5) is 3.93. The summed E-state index contributed by atoms with van der Waals surface area (Å²) >= 11 is 5.72. The number of nitrogens with one attached hydrogen (secondary N) is 1. The molecule has 3 N–H and O–H groups in total. The van der Waals surface area contributed by atoms with Crippen LogP contribution in [0.4, 0.5) is 5.82 Å².